The topological polar surface area (TPSA) is 53.7 Å². The fourth-order valence-corrected chi connectivity index (χ4v) is 4.69. The third-order valence-corrected chi connectivity index (χ3v) is 5.92. The van der Waals surface area contributed by atoms with Crippen molar-refractivity contribution in [3.63, 3.8) is 0 Å². The minimum atomic E-state index is 0.113. The van der Waals surface area contributed by atoms with Gasteiger partial charge in [0.25, 0.3) is 5.91 Å². The van der Waals surface area contributed by atoms with Gasteiger partial charge in [0.15, 0.2) is 0 Å². The number of aryl methyl sites for hydroxylation is 1. The molecule has 6 heteroatoms. The summed E-state index contributed by atoms with van der Waals surface area (Å²) in [7, 11) is 0. The van der Waals surface area contributed by atoms with Gasteiger partial charge in [-0.15, -0.1) is 0 Å². The molecule has 6 nitrogen and oxygen atoms in total. The Morgan fingerprint density at radius 1 is 1.22 bits per heavy atom. The zero-order valence-corrected chi connectivity index (χ0v) is 15.5. The number of fused-ring (bicyclic) bond motifs is 2. The van der Waals surface area contributed by atoms with Crippen molar-refractivity contribution < 1.29 is 4.79 Å². The van der Waals surface area contributed by atoms with Gasteiger partial charge in [-0.2, -0.15) is 0 Å². The number of pyridine rings is 2. The predicted molar refractivity (Wildman–Crippen MR) is 102 cm³/mol. The SMILES string of the molecule is Cc1nc2ccccn2c1C(=O)N1CC[C@H]2CN(Cc3cccnc3)C[C@H]21. The van der Waals surface area contributed by atoms with E-state index in [2.05, 4.69) is 25.8 Å². The molecule has 0 radical (unpaired) electrons. The summed E-state index contributed by atoms with van der Waals surface area (Å²) in [5.74, 6) is 0.673. The second-order valence-corrected chi connectivity index (χ2v) is 7.64. The minimum absolute atomic E-state index is 0.113. The van der Waals surface area contributed by atoms with Crippen LogP contribution in [0.5, 0.6) is 0 Å². The zero-order chi connectivity index (χ0) is 18.4. The molecule has 0 spiro atoms. The van der Waals surface area contributed by atoms with E-state index < -0.39 is 0 Å². The summed E-state index contributed by atoms with van der Waals surface area (Å²) in [6, 6.07) is 10.2. The summed E-state index contributed by atoms with van der Waals surface area (Å²) in [5, 5.41) is 0. The van der Waals surface area contributed by atoms with Crippen LogP contribution in [0.15, 0.2) is 48.9 Å². The zero-order valence-electron chi connectivity index (χ0n) is 15.5. The average Bonchev–Trinajstić information content (AvgIpc) is 3.33. The Morgan fingerprint density at radius 2 is 2.15 bits per heavy atom. The maximum Gasteiger partial charge on any atom is 0.273 e. The van der Waals surface area contributed by atoms with Gasteiger partial charge in [0, 0.05) is 50.8 Å². The molecule has 5 heterocycles. The Bertz CT molecular complexity index is 983. The largest absolute Gasteiger partial charge is 0.333 e. The lowest BCUT2D eigenvalue weighted by atomic mass is 10.1. The molecule has 2 fully saturated rings. The van der Waals surface area contributed by atoms with Crippen molar-refractivity contribution in [1.82, 2.24) is 24.2 Å². The number of carbonyl (C=O) groups is 1. The smallest absolute Gasteiger partial charge is 0.273 e. The van der Waals surface area contributed by atoms with Gasteiger partial charge in [-0.3, -0.25) is 19.1 Å². The molecule has 2 atom stereocenters. The van der Waals surface area contributed by atoms with E-state index in [9.17, 15) is 4.79 Å². The first-order valence-corrected chi connectivity index (χ1v) is 9.56. The summed E-state index contributed by atoms with van der Waals surface area (Å²) in [6.07, 6.45) is 6.74. The second kappa shape index (κ2) is 6.46. The Hall–Kier alpha value is -2.73. The lowest BCUT2D eigenvalue weighted by Gasteiger charge is -2.25. The quantitative estimate of drug-likeness (QED) is 0.719. The lowest BCUT2D eigenvalue weighted by Crippen LogP contribution is -2.40. The predicted octanol–water partition coefficient (Wildman–Crippen LogP) is 2.38. The molecular formula is C21H23N5O. The van der Waals surface area contributed by atoms with Gasteiger partial charge in [0.05, 0.1) is 5.69 Å². The lowest BCUT2D eigenvalue weighted by molar-refractivity contribution is 0.0718. The minimum Gasteiger partial charge on any atom is -0.333 e. The fourth-order valence-electron chi connectivity index (χ4n) is 4.69. The first kappa shape index (κ1) is 16.4. The van der Waals surface area contributed by atoms with Crippen LogP contribution in [-0.2, 0) is 6.54 Å². The number of likely N-dealkylation sites (tertiary alicyclic amines) is 2. The number of hydrogen-bond donors (Lipinski definition) is 0. The highest BCUT2D eigenvalue weighted by Crippen LogP contribution is 2.33. The second-order valence-electron chi connectivity index (χ2n) is 7.64. The number of amides is 1. The van der Waals surface area contributed by atoms with E-state index >= 15 is 0 Å². The molecule has 0 bridgehead atoms. The van der Waals surface area contributed by atoms with Crippen molar-refractivity contribution >= 4 is 11.6 Å². The number of hydrogen-bond acceptors (Lipinski definition) is 4. The van der Waals surface area contributed by atoms with E-state index in [-0.39, 0.29) is 5.91 Å². The summed E-state index contributed by atoms with van der Waals surface area (Å²) >= 11 is 0. The Labute approximate surface area is 158 Å². The normalized spacial score (nSPS) is 22.5. The third kappa shape index (κ3) is 2.80. The molecule has 0 aromatic carbocycles. The summed E-state index contributed by atoms with van der Waals surface area (Å²) in [6.45, 7) is 5.65. The molecule has 2 aliphatic rings. The molecule has 2 aliphatic heterocycles. The van der Waals surface area contributed by atoms with Crippen LogP contribution < -0.4 is 0 Å². The van der Waals surface area contributed by atoms with E-state index in [1.54, 1.807) is 6.20 Å². The van der Waals surface area contributed by atoms with Gasteiger partial charge < -0.3 is 4.90 Å². The van der Waals surface area contributed by atoms with Gasteiger partial charge in [-0.25, -0.2) is 4.98 Å². The molecule has 3 aromatic rings. The van der Waals surface area contributed by atoms with E-state index in [0.29, 0.717) is 17.7 Å². The maximum absolute atomic E-state index is 13.4. The molecule has 0 unspecified atom stereocenters. The number of carbonyl (C=O) groups excluding carboxylic acids is 1. The standard InChI is InChI=1S/C21H23N5O/c1-15-20(26-9-3-2-6-19(26)23-15)21(27)25-10-7-17-13-24(14-18(17)25)12-16-5-4-8-22-11-16/h2-6,8-9,11,17-18H,7,10,12-14H2,1H3/t17-,18+/m0/s1. The van der Waals surface area contributed by atoms with Crippen LogP contribution in [0.25, 0.3) is 5.65 Å². The summed E-state index contributed by atoms with van der Waals surface area (Å²) in [4.78, 5) is 26.7. The van der Waals surface area contributed by atoms with Crippen LogP contribution in [0.1, 0.15) is 28.2 Å². The van der Waals surface area contributed by atoms with Crippen LogP contribution in [0, 0.1) is 12.8 Å². The third-order valence-electron chi connectivity index (χ3n) is 5.92. The van der Waals surface area contributed by atoms with Crippen molar-refractivity contribution in [2.24, 2.45) is 5.92 Å². The molecule has 1 amide bonds. The monoisotopic (exact) mass is 361 g/mol. The van der Waals surface area contributed by atoms with Gasteiger partial charge in [0.1, 0.15) is 11.3 Å². The van der Waals surface area contributed by atoms with Crippen LogP contribution in [0.3, 0.4) is 0 Å². The highest BCUT2D eigenvalue weighted by atomic mass is 16.2. The fraction of sp³-hybridized carbons (Fsp3) is 0.381. The highest BCUT2D eigenvalue weighted by molar-refractivity contribution is 5.95. The molecular weight excluding hydrogens is 338 g/mol. The molecule has 0 aliphatic carbocycles. The summed E-state index contributed by atoms with van der Waals surface area (Å²) < 4.78 is 1.92. The number of aromatic nitrogens is 3. The van der Waals surface area contributed by atoms with Gasteiger partial charge in [-0.1, -0.05) is 12.1 Å². The molecule has 138 valence electrons. The van der Waals surface area contributed by atoms with E-state index in [4.69, 9.17) is 0 Å². The van der Waals surface area contributed by atoms with Crippen LogP contribution >= 0.6 is 0 Å². The molecule has 2 saturated heterocycles. The Morgan fingerprint density at radius 3 is 3.00 bits per heavy atom. The molecule has 3 aromatic heterocycles. The van der Waals surface area contributed by atoms with E-state index in [1.165, 1.54) is 5.56 Å². The van der Waals surface area contributed by atoms with Crippen molar-refractivity contribution in [2.45, 2.75) is 25.9 Å². The van der Waals surface area contributed by atoms with Crippen molar-refractivity contribution in [3.8, 4) is 0 Å². The molecule has 5 rings (SSSR count). The highest BCUT2D eigenvalue weighted by Gasteiger charge is 2.44. The number of imidazole rings is 1. The Balaban J connectivity index is 1.37. The number of rotatable bonds is 3. The van der Waals surface area contributed by atoms with E-state index in [1.807, 2.05) is 48.0 Å². The Kier molecular flexibility index (Phi) is 3.93. The summed E-state index contributed by atoms with van der Waals surface area (Å²) in [5.41, 5.74) is 3.57. The first-order valence-electron chi connectivity index (χ1n) is 9.56. The van der Waals surface area contributed by atoms with Gasteiger partial charge in [0.2, 0.25) is 0 Å². The maximum atomic E-state index is 13.4. The van der Waals surface area contributed by atoms with Crippen LogP contribution in [0.2, 0.25) is 0 Å². The van der Waals surface area contributed by atoms with Crippen LogP contribution in [0.4, 0.5) is 0 Å². The van der Waals surface area contributed by atoms with Crippen molar-refractivity contribution in [3.05, 3.63) is 65.9 Å². The van der Waals surface area contributed by atoms with Gasteiger partial charge >= 0.3 is 0 Å². The number of nitrogens with zero attached hydrogens (tertiary/aromatic N) is 5. The average molecular weight is 361 g/mol. The van der Waals surface area contributed by atoms with E-state index in [0.717, 1.165) is 43.9 Å². The molecule has 27 heavy (non-hydrogen) atoms. The van der Waals surface area contributed by atoms with Crippen molar-refractivity contribution in [2.75, 3.05) is 19.6 Å². The van der Waals surface area contributed by atoms with Crippen LogP contribution in [-0.4, -0.2) is 55.8 Å². The molecule has 0 N–H and O–H groups in total. The first-order chi connectivity index (χ1) is 13.2. The molecule has 0 saturated carbocycles. The van der Waals surface area contributed by atoms with Crippen molar-refractivity contribution in [1.29, 1.82) is 0 Å². The van der Waals surface area contributed by atoms with Gasteiger partial charge in [-0.05, 0) is 43.0 Å².